The van der Waals surface area contributed by atoms with Crippen molar-refractivity contribution in [2.45, 2.75) is 34.1 Å². The summed E-state index contributed by atoms with van der Waals surface area (Å²) in [5, 5.41) is 5.34. The average molecular weight is 601 g/mol. The smallest absolute Gasteiger partial charge is 0.0720 e. The predicted octanol–water partition coefficient (Wildman–Crippen LogP) is 8.12. The first-order chi connectivity index (χ1) is 21.3. The number of pyridine rings is 2. The normalized spacial score (nSPS) is 9.91. The highest BCUT2D eigenvalue weighted by Crippen LogP contribution is 2.32. The molecule has 0 aliphatic heterocycles. The summed E-state index contributed by atoms with van der Waals surface area (Å²) in [5.41, 5.74) is 2.30. The van der Waals surface area contributed by atoms with Gasteiger partial charge in [0.15, 0.2) is 0 Å². The summed E-state index contributed by atoms with van der Waals surface area (Å²) in [6, 6.07) is 54.8. The third kappa shape index (κ3) is 10.7. The Bertz CT molecular complexity index is 1190. The molecule has 2 heterocycles. The van der Waals surface area contributed by atoms with Crippen molar-refractivity contribution in [1.29, 1.82) is 0 Å². The van der Waals surface area contributed by atoms with E-state index in [1.54, 1.807) is 0 Å². The number of hydrogen-bond donors (Lipinski definition) is 0. The molecule has 43 heavy (non-hydrogen) atoms. The van der Waals surface area contributed by atoms with Crippen molar-refractivity contribution in [3.05, 3.63) is 170 Å². The molecule has 2 nitrogen and oxygen atoms in total. The van der Waals surface area contributed by atoms with Gasteiger partial charge >= 0.3 is 0 Å². The van der Waals surface area contributed by atoms with Gasteiger partial charge in [-0.15, -0.1) is 0 Å². The van der Waals surface area contributed by atoms with Crippen molar-refractivity contribution in [1.82, 2.24) is 9.97 Å². The van der Waals surface area contributed by atoms with Crippen molar-refractivity contribution in [2.24, 2.45) is 0 Å². The largest absolute Gasteiger partial charge is 0.256 e. The van der Waals surface area contributed by atoms with Gasteiger partial charge in [0.1, 0.15) is 0 Å². The first-order valence-corrected chi connectivity index (χ1v) is 17.6. The van der Waals surface area contributed by atoms with Gasteiger partial charge < -0.3 is 0 Å². The number of aromatic nitrogens is 2. The Morgan fingerprint density at radius 2 is 0.605 bits per heavy atom. The summed E-state index contributed by atoms with van der Waals surface area (Å²) in [6.07, 6.45) is 4.99. The average Bonchev–Trinajstić information content (AvgIpc) is 3.10. The predicted molar refractivity (Wildman–Crippen MR) is 193 cm³/mol. The van der Waals surface area contributed by atoms with Gasteiger partial charge in [-0.2, -0.15) is 0 Å². The van der Waals surface area contributed by atoms with E-state index < -0.39 is 15.8 Å². The Kier molecular flexibility index (Phi) is 15.6. The van der Waals surface area contributed by atoms with Gasteiger partial charge in [0.25, 0.3) is 0 Å². The minimum Gasteiger partial charge on any atom is -0.256 e. The number of nitrogens with zero attached hydrogens (tertiary/aromatic N) is 2. The summed E-state index contributed by atoms with van der Waals surface area (Å²) >= 11 is 0. The third-order valence-corrected chi connectivity index (χ3v) is 10.5. The second-order valence-corrected chi connectivity index (χ2v) is 13.4. The maximum Gasteiger partial charge on any atom is 0.0720 e. The standard InChI is InChI=1S/2C17H14NP.C3H8.C2H6/c2*1-3-9-15(10-4-1)19(16-11-5-2-6-12-16)17-13-7-8-14-18-17;1-3-2;1-2/h2*1-14H;3H2,1-2H3;1-2H3. The van der Waals surface area contributed by atoms with E-state index in [-0.39, 0.29) is 0 Å². The first kappa shape index (κ1) is 33.5. The minimum absolute atomic E-state index is 0.557. The molecule has 0 unspecified atom stereocenters. The zero-order valence-electron chi connectivity index (χ0n) is 25.7. The highest BCUT2D eigenvalue weighted by atomic mass is 31.1. The minimum atomic E-state index is -0.557. The Balaban J connectivity index is 0.000000205. The summed E-state index contributed by atoms with van der Waals surface area (Å²) in [5.74, 6) is 0. The molecule has 0 N–H and O–H groups in total. The van der Waals surface area contributed by atoms with E-state index in [0.29, 0.717) is 0 Å². The van der Waals surface area contributed by atoms with E-state index in [1.165, 1.54) is 27.6 Å². The van der Waals surface area contributed by atoms with Crippen molar-refractivity contribution in [3.63, 3.8) is 0 Å². The van der Waals surface area contributed by atoms with E-state index in [1.807, 2.05) is 38.4 Å². The second-order valence-electron chi connectivity index (χ2n) is 9.10. The van der Waals surface area contributed by atoms with Crippen molar-refractivity contribution in [2.75, 3.05) is 0 Å². The lowest BCUT2D eigenvalue weighted by molar-refractivity contribution is 1.09. The van der Waals surface area contributed by atoms with Crippen LogP contribution < -0.4 is 32.1 Å². The molecule has 6 aromatic rings. The van der Waals surface area contributed by atoms with E-state index >= 15 is 0 Å². The maximum atomic E-state index is 4.56. The molecule has 218 valence electrons. The molecule has 0 spiro atoms. The molecular weight excluding hydrogens is 558 g/mol. The zero-order chi connectivity index (χ0) is 30.5. The van der Waals surface area contributed by atoms with Crippen LogP contribution in [0.4, 0.5) is 0 Å². The van der Waals surface area contributed by atoms with Crippen LogP contribution in [-0.2, 0) is 0 Å². The van der Waals surface area contributed by atoms with Crippen LogP contribution in [0, 0.1) is 0 Å². The van der Waals surface area contributed by atoms with Gasteiger partial charge in [0.05, 0.1) is 10.9 Å². The highest BCUT2D eigenvalue weighted by Gasteiger charge is 2.17. The molecule has 4 aromatic carbocycles. The van der Waals surface area contributed by atoms with E-state index in [2.05, 4.69) is 169 Å². The monoisotopic (exact) mass is 600 g/mol. The van der Waals surface area contributed by atoms with Crippen LogP contribution in [0.3, 0.4) is 0 Å². The zero-order valence-corrected chi connectivity index (χ0v) is 27.5. The van der Waals surface area contributed by atoms with Crippen molar-refractivity contribution < 1.29 is 0 Å². The number of hydrogen-bond acceptors (Lipinski definition) is 2. The van der Waals surface area contributed by atoms with Crippen molar-refractivity contribution >= 4 is 47.9 Å². The number of benzene rings is 4. The highest BCUT2D eigenvalue weighted by molar-refractivity contribution is 7.80. The van der Waals surface area contributed by atoms with Crippen molar-refractivity contribution in [3.8, 4) is 0 Å². The SMILES string of the molecule is CC.CCC.c1ccc(P(c2ccccc2)c2ccccn2)cc1.c1ccc(P(c2ccccc2)c2ccccn2)cc1. The van der Waals surface area contributed by atoms with E-state index in [9.17, 15) is 0 Å². The van der Waals surface area contributed by atoms with Crippen LogP contribution in [-0.4, -0.2) is 9.97 Å². The van der Waals surface area contributed by atoms with E-state index in [4.69, 9.17) is 0 Å². The fourth-order valence-corrected chi connectivity index (χ4v) is 8.48. The van der Waals surface area contributed by atoms with Gasteiger partial charge in [-0.1, -0.05) is 168 Å². The van der Waals surface area contributed by atoms with E-state index in [0.717, 1.165) is 10.9 Å². The molecule has 2 aromatic heterocycles. The summed E-state index contributed by atoms with van der Waals surface area (Å²) < 4.78 is 0. The molecule has 0 bridgehead atoms. The molecule has 6 rings (SSSR count). The van der Waals surface area contributed by atoms with Crippen LogP contribution in [0.25, 0.3) is 0 Å². The maximum absolute atomic E-state index is 4.56. The quantitative estimate of drug-likeness (QED) is 0.181. The van der Waals surface area contributed by atoms with Crippen LogP contribution >= 0.6 is 15.8 Å². The Hall–Kier alpha value is -3.96. The Morgan fingerprint density at radius 3 is 0.814 bits per heavy atom. The fraction of sp³-hybridized carbons (Fsp3) is 0.128. The van der Waals surface area contributed by atoms with Gasteiger partial charge in [-0.25, -0.2) is 0 Å². The molecule has 0 fully saturated rings. The first-order valence-electron chi connectivity index (χ1n) is 14.9. The lowest BCUT2D eigenvalue weighted by atomic mass is 10.4. The fourth-order valence-electron chi connectivity index (χ4n) is 4.11. The molecule has 0 aliphatic carbocycles. The molecule has 0 saturated heterocycles. The summed E-state index contributed by atoms with van der Waals surface area (Å²) in [6.45, 7) is 8.25. The summed E-state index contributed by atoms with van der Waals surface area (Å²) in [4.78, 5) is 9.12. The lowest BCUT2D eigenvalue weighted by Crippen LogP contribution is -2.22. The lowest BCUT2D eigenvalue weighted by Gasteiger charge is -2.17. The molecule has 0 saturated carbocycles. The molecular formula is C39H42N2P2. The third-order valence-electron chi connectivity index (χ3n) is 5.81. The van der Waals surface area contributed by atoms with Gasteiger partial charge in [-0.05, 0) is 45.5 Å². The second kappa shape index (κ2) is 20.0. The van der Waals surface area contributed by atoms with Gasteiger partial charge in [0.2, 0.25) is 0 Å². The van der Waals surface area contributed by atoms with Crippen LogP contribution in [0.2, 0.25) is 0 Å². The van der Waals surface area contributed by atoms with Crippen LogP contribution in [0.15, 0.2) is 170 Å². The molecule has 0 atom stereocenters. The van der Waals surface area contributed by atoms with Crippen LogP contribution in [0.5, 0.6) is 0 Å². The van der Waals surface area contributed by atoms with Gasteiger partial charge in [-0.3, -0.25) is 9.97 Å². The Labute approximate surface area is 261 Å². The molecule has 0 amide bonds. The molecule has 0 radical (unpaired) electrons. The Morgan fingerprint density at radius 1 is 0.372 bits per heavy atom. The molecule has 4 heteroatoms. The van der Waals surface area contributed by atoms with Gasteiger partial charge in [0, 0.05) is 28.2 Å². The topological polar surface area (TPSA) is 25.8 Å². The summed E-state index contributed by atoms with van der Waals surface area (Å²) in [7, 11) is -1.11. The van der Waals surface area contributed by atoms with Crippen LogP contribution in [0.1, 0.15) is 34.1 Å². The molecule has 0 aliphatic rings. The number of rotatable bonds is 6.